The normalized spacial score (nSPS) is 55.0. The first kappa shape index (κ1) is 13.3. The maximum Gasteiger partial charge on any atom is 0.141 e. The molecule has 1 saturated heterocycles. The second-order valence-electron chi connectivity index (χ2n) is 8.50. The maximum atomic E-state index is 12.7. The minimum absolute atomic E-state index is 0.0505. The molecule has 4 rings (SSSR count). The molecule has 0 bridgehead atoms. The average molecular weight is 275 g/mol. The Labute approximate surface area is 123 Å². The first-order chi connectivity index (χ1) is 9.56. The van der Waals surface area contributed by atoms with E-state index in [9.17, 15) is 4.79 Å². The fourth-order valence-electron chi connectivity index (χ4n) is 6.69. The van der Waals surface area contributed by atoms with Gasteiger partial charge in [0.1, 0.15) is 5.78 Å². The van der Waals surface area contributed by atoms with Crippen molar-refractivity contribution in [3.8, 4) is 0 Å². The van der Waals surface area contributed by atoms with Crippen molar-refractivity contribution in [3.05, 3.63) is 0 Å². The monoisotopic (exact) mass is 275 g/mol. The number of rotatable bonds is 0. The van der Waals surface area contributed by atoms with Gasteiger partial charge in [-0.1, -0.05) is 20.3 Å². The average Bonchev–Trinajstić information content (AvgIpc) is 2.82. The van der Waals surface area contributed by atoms with Gasteiger partial charge in [0, 0.05) is 24.4 Å². The van der Waals surface area contributed by atoms with Gasteiger partial charge in [0.15, 0.2) is 0 Å². The third-order valence-electron chi connectivity index (χ3n) is 7.84. The highest BCUT2D eigenvalue weighted by Crippen LogP contribution is 2.63. The summed E-state index contributed by atoms with van der Waals surface area (Å²) in [6.45, 7) is 5.76. The predicted octanol–water partition coefficient (Wildman–Crippen LogP) is 3.55. The highest BCUT2D eigenvalue weighted by molar-refractivity contribution is 5.86. The first-order valence-electron chi connectivity index (χ1n) is 8.82. The van der Waals surface area contributed by atoms with Crippen LogP contribution in [0.2, 0.25) is 0 Å². The predicted molar refractivity (Wildman–Crippen MR) is 80.4 cm³/mol. The summed E-state index contributed by atoms with van der Waals surface area (Å²) in [6.07, 6.45) is 10.3. The van der Waals surface area contributed by atoms with Crippen LogP contribution in [0.1, 0.15) is 65.2 Å². The van der Waals surface area contributed by atoms with Crippen molar-refractivity contribution in [1.82, 2.24) is 5.32 Å². The lowest BCUT2D eigenvalue weighted by Crippen LogP contribution is -2.63. The first-order valence-corrected chi connectivity index (χ1v) is 8.82. The van der Waals surface area contributed by atoms with Crippen molar-refractivity contribution < 1.29 is 4.79 Å². The summed E-state index contributed by atoms with van der Waals surface area (Å²) in [6, 6.07) is 0.468. The van der Waals surface area contributed by atoms with Crippen LogP contribution in [0.3, 0.4) is 0 Å². The van der Waals surface area contributed by atoms with Gasteiger partial charge >= 0.3 is 0 Å². The van der Waals surface area contributed by atoms with Crippen molar-refractivity contribution in [2.75, 3.05) is 6.54 Å². The Hall–Kier alpha value is -0.370. The molecule has 1 N–H and O–H groups in total. The molecule has 0 aromatic rings. The molecule has 0 aromatic heterocycles. The van der Waals surface area contributed by atoms with E-state index < -0.39 is 0 Å². The van der Waals surface area contributed by atoms with Crippen LogP contribution in [0.25, 0.3) is 0 Å². The van der Waals surface area contributed by atoms with E-state index in [0.717, 1.165) is 24.8 Å². The van der Waals surface area contributed by atoms with Crippen LogP contribution in [0.4, 0.5) is 0 Å². The minimum Gasteiger partial charge on any atom is -0.313 e. The van der Waals surface area contributed by atoms with Crippen LogP contribution in [-0.2, 0) is 4.79 Å². The molecule has 0 unspecified atom stereocenters. The number of fused-ring (bicyclic) bond motifs is 5. The Balaban J connectivity index is 1.69. The van der Waals surface area contributed by atoms with E-state index in [-0.39, 0.29) is 5.41 Å². The lowest BCUT2D eigenvalue weighted by Gasteiger charge is -2.58. The second kappa shape index (κ2) is 4.32. The van der Waals surface area contributed by atoms with Gasteiger partial charge in [-0.3, -0.25) is 4.79 Å². The summed E-state index contributed by atoms with van der Waals surface area (Å²) in [5, 5.41) is 3.67. The number of hydrogen-bond acceptors (Lipinski definition) is 2. The largest absolute Gasteiger partial charge is 0.313 e. The summed E-state index contributed by atoms with van der Waals surface area (Å²) >= 11 is 0. The number of ketones is 1. The number of piperidine rings is 1. The van der Waals surface area contributed by atoms with Gasteiger partial charge in [-0.15, -0.1) is 0 Å². The van der Waals surface area contributed by atoms with Crippen molar-refractivity contribution >= 4 is 5.78 Å². The van der Waals surface area contributed by atoms with Crippen molar-refractivity contribution in [2.24, 2.45) is 28.6 Å². The maximum absolute atomic E-state index is 12.7. The summed E-state index contributed by atoms with van der Waals surface area (Å²) in [4.78, 5) is 12.7. The zero-order chi connectivity index (χ0) is 14.0. The Bertz CT molecular complexity index is 433. The van der Waals surface area contributed by atoms with E-state index in [4.69, 9.17) is 0 Å². The van der Waals surface area contributed by atoms with Gasteiger partial charge in [0.25, 0.3) is 0 Å². The van der Waals surface area contributed by atoms with E-state index in [1.807, 2.05) is 0 Å². The third kappa shape index (κ3) is 1.58. The molecule has 6 atom stereocenters. The molecule has 1 aliphatic heterocycles. The number of hydrogen-bond donors (Lipinski definition) is 1. The topological polar surface area (TPSA) is 29.1 Å². The highest BCUT2D eigenvalue weighted by atomic mass is 16.1. The molecule has 4 aliphatic rings. The quantitative estimate of drug-likeness (QED) is 0.732. The molecule has 3 aliphatic carbocycles. The molecule has 2 nitrogen and oxygen atoms in total. The van der Waals surface area contributed by atoms with E-state index in [1.165, 1.54) is 44.9 Å². The van der Waals surface area contributed by atoms with Crippen LogP contribution in [0.5, 0.6) is 0 Å². The summed E-state index contributed by atoms with van der Waals surface area (Å²) < 4.78 is 0. The molecule has 3 saturated carbocycles. The Morgan fingerprint density at radius 2 is 1.90 bits per heavy atom. The van der Waals surface area contributed by atoms with Gasteiger partial charge < -0.3 is 5.32 Å². The van der Waals surface area contributed by atoms with Crippen molar-refractivity contribution in [2.45, 2.75) is 71.3 Å². The van der Waals surface area contributed by atoms with Crippen LogP contribution in [0.15, 0.2) is 0 Å². The van der Waals surface area contributed by atoms with Gasteiger partial charge in [0.2, 0.25) is 0 Å². The molecule has 0 aromatic carbocycles. The molecular formula is C18H29NO. The Morgan fingerprint density at radius 1 is 1.05 bits per heavy atom. The highest BCUT2D eigenvalue weighted by Gasteiger charge is 2.59. The zero-order valence-electron chi connectivity index (χ0n) is 13.1. The zero-order valence-corrected chi connectivity index (χ0v) is 13.1. The second-order valence-corrected chi connectivity index (χ2v) is 8.50. The van der Waals surface area contributed by atoms with E-state index >= 15 is 0 Å². The Morgan fingerprint density at radius 3 is 2.75 bits per heavy atom. The van der Waals surface area contributed by atoms with Crippen molar-refractivity contribution in [3.63, 3.8) is 0 Å². The van der Waals surface area contributed by atoms with Crippen LogP contribution in [-0.4, -0.2) is 18.4 Å². The number of nitrogens with one attached hydrogen (secondary N) is 1. The SMILES string of the molecule is C[C@@]12CCC[C@H]1[C@@H]1CC[C@H]3NCCC(=O)[C@]3(C)[C@H]1CC2. The lowest BCUT2D eigenvalue weighted by atomic mass is 9.47. The number of carbonyl (C=O) groups excluding carboxylic acids is 1. The molecule has 20 heavy (non-hydrogen) atoms. The van der Waals surface area contributed by atoms with Gasteiger partial charge in [-0.25, -0.2) is 0 Å². The van der Waals surface area contributed by atoms with Gasteiger partial charge in [0.05, 0.1) is 0 Å². The van der Waals surface area contributed by atoms with Crippen LogP contribution < -0.4 is 5.32 Å². The molecule has 1 heterocycles. The smallest absolute Gasteiger partial charge is 0.141 e. The van der Waals surface area contributed by atoms with Crippen LogP contribution >= 0.6 is 0 Å². The molecule has 0 radical (unpaired) electrons. The summed E-state index contributed by atoms with van der Waals surface area (Å²) in [5.74, 6) is 2.98. The summed E-state index contributed by atoms with van der Waals surface area (Å²) in [5.41, 5.74) is 0.556. The van der Waals surface area contributed by atoms with E-state index in [0.29, 0.717) is 23.2 Å². The molecule has 4 fully saturated rings. The molecule has 2 heteroatoms. The number of carbonyl (C=O) groups is 1. The third-order valence-corrected chi connectivity index (χ3v) is 7.84. The van der Waals surface area contributed by atoms with Crippen LogP contribution in [0, 0.1) is 28.6 Å². The lowest BCUT2D eigenvalue weighted by molar-refractivity contribution is -0.148. The Kier molecular flexibility index (Phi) is 2.87. The summed E-state index contributed by atoms with van der Waals surface area (Å²) in [7, 11) is 0. The molecule has 0 spiro atoms. The van der Waals surface area contributed by atoms with E-state index in [1.54, 1.807) is 0 Å². The molecule has 0 amide bonds. The fraction of sp³-hybridized carbons (Fsp3) is 0.944. The van der Waals surface area contributed by atoms with Gasteiger partial charge in [-0.2, -0.15) is 0 Å². The standard InChI is InChI=1S/C18H29NO/c1-17-9-3-4-13(17)12-5-6-15-18(2,14(12)7-10-17)16(20)8-11-19-15/h12-15,19H,3-11H2,1-2H3/t12-,13-,14-,15+,17-,18+/m0/s1. The van der Waals surface area contributed by atoms with Gasteiger partial charge in [-0.05, 0) is 61.7 Å². The minimum atomic E-state index is -0.0505. The number of Topliss-reactive ketones (excluding diaryl/α,β-unsaturated/α-hetero) is 1. The molecule has 112 valence electrons. The fourth-order valence-corrected chi connectivity index (χ4v) is 6.69. The molecular weight excluding hydrogens is 246 g/mol. The van der Waals surface area contributed by atoms with E-state index in [2.05, 4.69) is 19.2 Å². The van der Waals surface area contributed by atoms with Crippen molar-refractivity contribution in [1.29, 1.82) is 0 Å².